The van der Waals surface area contributed by atoms with Crippen molar-refractivity contribution in [1.82, 2.24) is 19.5 Å². The Morgan fingerprint density at radius 2 is 1.77 bits per heavy atom. The normalized spacial score (nSPS) is 12.2. The molecule has 9 heteroatoms. The maximum absolute atomic E-state index is 13.0. The van der Waals surface area contributed by atoms with Gasteiger partial charge in [0.15, 0.2) is 0 Å². The maximum atomic E-state index is 13.0. The van der Waals surface area contributed by atoms with Gasteiger partial charge in [-0.15, -0.1) is 0 Å². The van der Waals surface area contributed by atoms with Crippen LogP contribution in [-0.4, -0.2) is 23.2 Å². The highest BCUT2D eigenvalue weighted by Gasteiger charge is 2.28. The fraction of sp³-hybridized carbons (Fsp3) is 0.333. The molecule has 0 saturated heterocycles. The summed E-state index contributed by atoms with van der Waals surface area (Å²) in [4.78, 5) is 4.37. The molecule has 0 atom stereocenters. The van der Waals surface area contributed by atoms with Crippen molar-refractivity contribution in [3.63, 3.8) is 0 Å². The lowest BCUT2D eigenvalue weighted by molar-refractivity contribution is 0.345. The fourth-order valence-electron chi connectivity index (χ4n) is 3.12. The lowest BCUT2D eigenvalue weighted by atomic mass is 10.1. The van der Waals surface area contributed by atoms with Crippen LogP contribution in [0, 0.1) is 19.7 Å². The number of pyridine rings is 1. The summed E-state index contributed by atoms with van der Waals surface area (Å²) >= 11 is 0. The first-order valence-electron chi connectivity index (χ1n) is 9.42. The van der Waals surface area contributed by atoms with Crippen molar-refractivity contribution in [2.24, 2.45) is 0 Å². The smallest absolute Gasteiger partial charge is 0.244 e. The molecule has 1 aromatic carbocycles. The minimum absolute atomic E-state index is 0.0751. The van der Waals surface area contributed by atoms with E-state index < -0.39 is 10.0 Å². The quantitative estimate of drug-likeness (QED) is 0.635. The zero-order valence-corrected chi connectivity index (χ0v) is 18.4. The van der Waals surface area contributed by atoms with Crippen molar-refractivity contribution in [3.8, 4) is 11.6 Å². The lowest BCUT2D eigenvalue weighted by Crippen LogP contribution is -2.26. The summed E-state index contributed by atoms with van der Waals surface area (Å²) in [5.41, 5.74) is 1.39. The monoisotopic (exact) mass is 432 g/mol. The molecule has 0 bridgehead atoms. The number of halogens is 1. The molecule has 0 unspecified atom stereocenters. The first kappa shape index (κ1) is 21.9. The van der Waals surface area contributed by atoms with Crippen molar-refractivity contribution in [2.45, 2.75) is 51.6 Å². The first-order valence-corrected chi connectivity index (χ1v) is 10.9. The second kappa shape index (κ2) is 8.16. The molecule has 0 aliphatic heterocycles. The Morgan fingerprint density at radius 1 is 1.10 bits per heavy atom. The molecule has 0 radical (unpaired) electrons. The third kappa shape index (κ3) is 4.85. The molecule has 2 heterocycles. The van der Waals surface area contributed by atoms with Crippen LogP contribution in [0.5, 0.6) is 11.6 Å². The van der Waals surface area contributed by atoms with Crippen LogP contribution in [0.1, 0.15) is 37.7 Å². The summed E-state index contributed by atoms with van der Waals surface area (Å²) in [6, 6.07) is 8.94. The van der Waals surface area contributed by atoms with Gasteiger partial charge in [-0.25, -0.2) is 22.5 Å². The van der Waals surface area contributed by atoms with E-state index in [2.05, 4.69) is 14.8 Å². The van der Waals surface area contributed by atoms with Gasteiger partial charge in [0, 0.05) is 18.8 Å². The third-order valence-corrected chi connectivity index (χ3v) is 6.08. The summed E-state index contributed by atoms with van der Waals surface area (Å²) in [5.74, 6) is 0.432. The molecule has 2 aromatic heterocycles. The second-order valence-electron chi connectivity index (χ2n) is 7.97. The number of nitrogens with zero attached hydrogens (tertiary/aromatic N) is 3. The van der Waals surface area contributed by atoms with E-state index in [0.29, 0.717) is 28.6 Å². The van der Waals surface area contributed by atoms with Gasteiger partial charge in [-0.05, 0) is 64.4 Å². The molecule has 0 saturated carbocycles. The molecule has 0 aliphatic rings. The Hall–Kier alpha value is -2.78. The molecular weight excluding hydrogens is 407 g/mol. The van der Waals surface area contributed by atoms with E-state index in [-0.39, 0.29) is 22.8 Å². The molecule has 3 aromatic rings. The number of sulfonamides is 1. The Kier molecular flexibility index (Phi) is 5.96. The number of aromatic nitrogens is 3. The van der Waals surface area contributed by atoms with Gasteiger partial charge in [0.1, 0.15) is 16.5 Å². The van der Waals surface area contributed by atoms with Gasteiger partial charge < -0.3 is 4.74 Å². The van der Waals surface area contributed by atoms with Gasteiger partial charge in [-0.2, -0.15) is 5.10 Å². The van der Waals surface area contributed by atoms with Crippen LogP contribution in [0.4, 0.5) is 4.39 Å². The zero-order valence-electron chi connectivity index (χ0n) is 17.6. The number of ether oxygens (including phenoxy) is 1. The molecule has 0 fully saturated rings. The van der Waals surface area contributed by atoms with Gasteiger partial charge in [-0.1, -0.05) is 6.07 Å². The van der Waals surface area contributed by atoms with E-state index in [1.807, 2.05) is 20.8 Å². The number of hydrogen-bond acceptors (Lipinski definition) is 5. The summed E-state index contributed by atoms with van der Waals surface area (Å²) < 4.78 is 48.6. The van der Waals surface area contributed by atoms with Gasteiger partial charge >= 0.3 is 0 Å². The van der Waals surface area contributed by atoms with Crippen LogP contribution in [0.3, 0.4) is 0 Å². The molecule has 160 valence electrons. The van der Waals surface area contributed by atoms with E-state index >= 15 is 0 Å². The Labute approximate surface area is 176 Å². The van der Waals surface area contributed by atoms with Crippen LogP contribution in [-0.2, 0) is 22.1 Å². The topological polar surface area (TPSA) is 86.1 Å². The molecule has 30 heavy (non-hydrogen) atoms. The SMILES string of the molecule is Cc1nn(C(C)(C)C)c(C)c1S(=O)(=O)NCc1ccc(Oc2ccc(F)cc2)nc1. The van der Waals surface area contributed by atoms with Crippen molar-refractivity contribution in [1.29, 1.82) is 0 Å². The average molecular weight is 433 g/mol. The molecule has 1 N–H and O–H groups in total. The lowest BCUT2D eigenvalue weighted by Gasteiger charge is -2.21. The number of rotatable bonds is 6. The fourth-order valence-corrected chi connectivity index (χ4v) is 4.53. The van der Waals surface area contributed by atoms with Crippen LogP contribution in [0.2, 0.25) is 0 Å². The van der Waals surface area contributed by atoms with Gasteiger partial charge in [0.2, 0.25) is 15.9 Å². The van der Waals surface area contributed by atoms with Crippen LogP contribution >= 0.6 is 0 Å². The van der Waals surface area contributed by atoms with Crippen molar-refractivity contribution in [3.05, 3.63) is 65.4 Å². The molecule has 7 nitrogen and oxygen atoms in total. The minimum atomic E-state index is -3.75. The summed E-state index contributed by atoms with van der Waals surface area (Å²) in [7, 11) is -3.75. The maximum Gasteiger partial charge on any atom is 0.244 e. The van der Waals surface area contributed by atoms with Crippen molar-refractivity contribution >= 4 is 10.0 Å². The summed E-state index contributed by atoms with van der Waals surface area (Å²) in [6.45, 7) is 9.42. The van der Waals surface area contributed by atoms with Crippen LogP contribution in [0.25, 0.3) is 0 Å². The average Bonchev–Trinajstić information content (AvgIpc) is 2.98. The third-order valence-electron chi connectivity index (χ3n) is 4.43. The summed E-state index contributed by atoms with van der Waals surface area (Å²) in [6.07, 6.45) is 1.53. The number of nitrogens with one attached hydrogen (secondary N) is 1. The highest BCUT2D eigenvalue weighted by atomic mass is 32.2. The largest absolute Gasteiger partial charge is 0.439 e. The molecule has 0 aliphatic carbocycles. The predicted octanol–water partition coefficient (Wildman–Crippen LogP) is 4.06. The zero-order chi connectivity index (χ0) is 22.1. The highest BCUT2D eigenvalue weighted by molar-refractivity contribution is 7.89. The van der Waals surface area contributed by atoms with Crippen molar-refractivity contribution < 1.29 is 17.5 Å². The molecule has 0 amide bonds. The number of aryl methyl sites for hydroxylation is 1. The highest BCUT2D eigenvalue weighted by Crippen LogP contribution is 2.25. The standard InChI is InChI=1S/C21H25FN4O3S/c1-14-20(15(2)26(25-14)21(3,4)5)30(27,28)24-13-16-6-11-19(23-12-16)29-18-9-7-17(22)8-10-18/h6-12,24H,13H2,1-5H3. The van der Waals surface area contributed by atoms with E-state index in [4.69, 9.17) is 4.74 Å². The Balaban J connectivity index is 1.70. The van der Waals surface area contributed by atoms with E-state index in [1.165, 1.54) is 30.5 Å². The van der Waals surface area contributed by atoms with Crippen molar-refractivity contribution in [2.75, 3.05) is 0 Å². The van der Waals surface area contributed by atoms with Gasteiger partial charge in [0.05, 0.1) is 16.9 Å². The Morgan fingerprint density at radius 3 is 2.30 bits per heavy atom. The minimum Gasteiger partial charge on any atom is -0.439 e. The summed E-state index contributed by atoms with van der Waals surface area (Å²) in [5, 5.41) is 4.40. The van der Waals surface area contributed by atoms with E-state index in [9.17, 15) is 12.8 Å². The molecule has 3 rings (SSSR count). The first-order chi connectivity index (χ1) is 14.0. The van der Waals surface area contributed by atoms with Gasteiger partial charge in [-0.3, -0.25) is 4.68 Å². The van der Waals surface area contributed by atoms with Crippen LogP contribution < -0.4 is 9.46 Å². The molecule has 0 spiro atoms. The predicted molar refractivity (Wildman–Crippen MR) is 111 cm³/mol. The van der Waals surface area contributed by atoms with E-state index in [1.54, 1.807) is 30.7 Å². The second-order valence-corrected chi connectivity index (χ2v) is 9.67. The number of hydrogen-bond donors (Lipinski definition) is 1. The number of benzene rings is 1. The Bertz CT molecular complexity index is 1130. The van der Waals surface area contributed by atoms with Gasteiger partial charge in [0.25, 0.3) is 0 Å². The van der Waals surface area contributed by atoms with E-state index in [0.717, 1.165) is 0 Å². The van der Waals surface area contributed by atoms with Crippen LogP contribution in [0.15, 0.2) is 47.5 Å². The molecular formula is C21H25FN4O3S.